The number of hydrogen-bond donors (Lipinski definition) is 0. The molecule has 0 unspecified atom stereocenters. The average molecular weight is 424 g/mol. The molecule has 154 valence electrons. The third kappa shape index (κ3) is 4.23. The molecule has 1 aliphatic rings. The van der Waals surface area contributed by atoms with Crippen molar-refractivity contribution in [2.24, 2.45) is 0 Å². The van der Waals surface area contributed by atoms with E-state index in [1.165, 1.54) is 4.90 Å². The van der Waals surface area contributed by atoms with E-state index in [0.717, 1.165) is 28.8 Å². The zero-order chi connectivity index (χ0) is 21.3. The molecule has 0 atom stereocenters. The first-order chi connectivity index (χ1) is 14.4. The number of imide groups is 1. The average Bonchev–Trinajstić information content (AvgIpc) is 3.41. The number of aromatic nitrogens is 1. The van der Waals surface area contributed by atoms with Gasteiger partial charge < -0.3 is 8.83 Å². The second kappa shape index (κ2) is 8.31. The molecular formula is C22H20N2O5S. The van der Waals surface area contributed by atoms with Gasteiger partial charge in [-0.2, -0.15) is 0 Å². The number of nitrogens with zero attached hydrogens (tertiary/aromatic N) is 2. The van der Waals surface area contributed by atoms with Crippen LogP contribution in [0.3, 0.4) is 0 Å². The maximum Gasteiger partial charge on any atom is 0.289 e. The Morgan fingerprint density at radius 2 is 1.87 bits per heavy atom. The number of thioether (sulfide) groups is 1. The number of carbonyl (C=O) groups excluding carboxylic acids is 3. The molecule has 3 heterocycles. The Labute approximate surface area is 177 Å². The number of Topliss-reactive ketones (excluding diaryl/α,β-unsaturated/α-hetero) is 1. The molecule has 0 N–H and O–H groups in total. The lowest BCUT2D eigenvalue weighted by atomic mass is 10.0. The molecule has 4 rings (SSSR count). The fourth-order valence-corrected chi connectivity index (χ4v) is 3.93. The smallest absolute Gasteiger partial charge is 0.289 e. The van der Waals surface area contributed by atoms with Crippen LogP contribution in [0.2, 0.25) is 0 Å². The van der Waals surface area contributed by atoms with E-state index >= 15 is 0 Å². The Hall–Kier alpha value is -3.13. The summed E-state index contributed by atoms with van der Waals surface area (Å²) in [6.07, 6.45) is 0.757. The first-order valence-corrected chi connectivity index (χ1v) is 10.5. The van der Waals surface area contributed by atoms with Crippen LogP contribution in [-0.4, -0.2) is 32.6 Å². The van der Waals surface area contributed by atoms with Crippen LogP contribution in [0, 0.1) is 13.8 Å². The summed E-state index contributed by atoms with van der Waals surface area (Å²) in [5.74, 6) is 2.42. The molecule has 1 saturated heterocycles. The molecule has 3 aromatic rings. The first kappa shape index (κ1) is 20.2. The maximum absolute atomic E-state index is 12.6. The zero-order valence-corrected chi connectivity index (χ0v) is 17.5. The van der Waals surface area contributed by atoms with Gasteiger partial charge in [0.15, 0.2) is 11.5 Å². The quantitative estimate of drug-likeness (QED) is 0.513. The number of ketones is 1. The minimum Gasteiger partial charge on any atom is -0.456 e. The predicted molar refractivity (Wildman–Crippen MR) is 111 cm³/mol. The summed E-state index contributed by atoms with van der Waals surface area (Å²) in [7, 11) is 0. The van der Waals surface area contributed by atoms with E-state index in [2.05, 4.69) is 4.98 Å². The number of rotatable bonds is 7. The first-order valence-electron chi connectivity index (χ1n) is 9.53. The maximum atomic E-state index is 12.6. The summed E-state index contributed by atoms with van der Waals surface area (Å²) < 4.78 is 11.2. The largest absolute Gasteiger partial charge is 0.456 e. The van der Waals surface area contributed by atoms with Crippen molar-refractivity contribution in [3.05, 3.63) is 64.7 Å². The van der Waals surface area contributed by atoms with Crippen molar-refractivity contribution in [3.63, 3.8) is 0 Å². The van der Waals surface area contributed by atoms with Gasteiger partial charge in [-0.3, -0.25) is 19.3 Å². The third-order valence-electron chi connectivity index (χ3n) is 4.89. The van der Waals surface area contributed by atoms with Crippen molar-refractivity contribution in [1.29, 1.82) is 0 Å². The lowest BCUT2D eigenvalue weighted by Gasteiger charge is -2.12. The molecule has 2 amide bonds. The number of benzene rings is 1. The molecule has 0 aliphatic carbocycles. The van der Waals surface area contributed by atoms with Crippen LogP contribution in [0.1, 0.15) is 39.6 Å². The van der Waals surface area contributed by atoms with Crippen molar-refractivity contribution in [2.75, 3.05) is 5.75 Å². The van der Waals surface area contributed by atoms with Crippen LogP contribution in [0.5, 0.6) is 0 Å². The second-order valence-electron chi connectivity index (χ2n) is 7.09. The van der Waals surface area contributed by atoms with E-state index in [-0.39, 0.29) is 29.2 Å². The molecule has 1 aromatic carbocycles. The van der Waals surface area contributed by atoms with Gasteiger partial charge in [0, 0.05) is 18.4 Å². The highest BCUT2D eigenvalue weighted by Crippen LogP contribution is 2.25. The Morgan fingerprint density at radius 1 is 1.10 bits per heavy atom. The van der Waals surface area contributed by atoms with Gasteiger partial charge in [-0.05, 0) is 31.5 Å². The zero-order valence-electron chi connectivity index (χ0n) is 16.6. The topological polar surface area (TPSA) is 93.6 Å². The van der Waals surface area contributed by atoms with E-state index in [1.54, 1.807) is 30.3 Å². The number of amides is 2. The fourth-order valence-electron chi connectivity index (χ4n) is 3.20. The number of carbonyl (C=O) groups is 3. The Balaban J connectivity index is 1.37. The van der Waals surface area contributed by atoms with Gasteiger partial charge in [0.25, 0.3) is 11.1 Å². The summed E-state index contributed by atoms with van der Waals surface area (Å²) in [6, 6.07) is 10.6. The molecule has 1 aliphatic heterocycles. The molecule has 0 radical (unpaired) electrons. The van der Waals surface area contributed by atoms with Crippen molar-refractivity contribution in [3.8, 4) is 11.7 Å². The molecular weight excluding hydrogens is 404 g/mol. The number of aryl methyl sites for hydroxylation is 3. The number of oxazole rings is 1. The van der Waals surface area contributed by atoms with E-state index in [1.807, 2.05) is 19.9 Å². The molecule has 30 heavy (non-hydrogen) atoms. The van der Waals surface area contributed by atoms with Gasteiger partial charge >= 0.3 is 0 Å². The van der Waals surface area contributed by atoms with Crippen LogP contribution in [0.25, 0.3) is 11.7 Å². The fraction of sp³-hybridized carbons (Fsp3) is 0.273. The highest BCUT2D eigenvalue weighted by molar-refractivity contribution is 8.14. The van der Waals surface area contributed by atoms with Gasteiger partial charge in [0.1, 0.15) is 11.5 Å². The van der Waals surface area contributed by atoms with Crippen LogP contribution >= 0.6 is 11.8 Å². The molecule has 0 spiro atoms. The van der Waals surface area contributed by atoms with Gasteiger partial charge in [0.05, 0.1) is 18.0 Å². The van der Waals surface area contributed by atoms with Gasteiger partial charge in [-0.25, -0.2) is 4.98 Å². The van der Waals surface area contributed by atoms with Crippen molar-refractivity contribution in [2.45, 2.75) is 33.2 Å². The standard InChI is InChI=1S/C22H20N2O5S/c1-13-3-10-19(28-13)21-23-17(14(2)29-21)8-9-18(25)16-6-4-15(5-7-16)11-24-20(26)12-30-22(24)27/h3-7,10H,8-9,11-12H2,1-2H3. The summed E-state index contributed by atoms with van der Waals surface area (Å²) in [6.45, 7) is 3.90. The van der Waals surface area contributed by atoms with E-state index in [0.29, 0.717) is 35.8 Å². The van der Waals surface area contributed by atoms with Crippen molar-refractivity contribution < 1.29 is 23.2 Å². The van der Waals surface area contributed by atoms with Crippen LogP contribution in [0.4, 0.5) is 4.79 Å². The lowest BCUT2D eigenvalue weighted by Crippen LogP contribution is -2.27. The van der Waals surface area contributed by atoms with Crippen molar-refractivity contribution in [1.82, 2.24) is 9.88 Å². The van der Waals surface area contributed by atoms with Gasteiger partial charge in [0.2, 0.25) is 5.91 Å². The third-order valence-corrected chi connectivity index (χ3v) is 5.75. The summed E-state index contributed by atoms with van der Waals surface area (Å²) in [4.78, 5) is 41.7. The second-order valence-corrected chi connectivity index (χ2v) is 8.01. The van der Waals surface area contributed by atoms with Gasteiger partial charge in [-0.15, -0.1) is 0 Å². The Morgan fingerprint density at radius 3 is 2.50 bits per heavy atom. The highest BCUT2D eigenvalue weighted by atomic mass is 32.2. The number of furan rings is 1. The molecule has 2 aromatic heterocycles. The lowest BCUT2D eigenvalue weighted by molar-refractivity contribution is -0.125. The van der Waals surface area contributed by atoms with E-state index in [9.17, 15) is 14.4 Å². The molecule has 7 nitrogen and oxygen atoms in total. The Bertz CT molecular complexity index is 1100. The minimum atomic E-state index is -0.229. The van der Waals surface area contributed by atoms with E-state index in [4.69, 9.17) is 8.83 Å². The van der Waals surface area contributed by atoms with Crippen LogP contribution in [0.15, 0.2) is 45.2 Å². The summed E-state index contributed by atoms with van der Waals surface area (Å²) in [5.41, 5.74) is 2.12. The Kier molecular flexibility index (Phi) is 5.59. The summed E-state index contributed by atoms with van der Waals surface area (Å²) in [5, 5.41) is -0.229. The summed E-state index contributed by atoms with van der Waals surface area (Å²) >= 11 is 1.01. The predicted octanol–water partition coefficient (Wildman–Crippen LogP) is 4.56. The molecule has 0 saturated carbocycles. The normalized spacial score (nSPS) is 14.0. The molecule has 8 heteroatoms. The molecule has 0 bridgehead atoms. The van der Waals surface area contributed by atoms with E-state index < -0.39 is 0 Å². The number of hydrogen-bond acceptors (Lipinski definition) is 7. The van der Waals surface area contributed by atoms with Gasteiger partial charge in [-0.1, -0.05) is 36.0 Å². The monoisotopic (exact) mass is 424 g/mol. The SMILES string of the molecule is Cc1ccc(-c2nc(CCC(=O)c3ccc(CN4C(=O)CSC4=O)cc3)c(C)o2)o1. The van der Waals surface area contributed by atoms with Crippen LogP contribution < -0.4 is 0 Å². The van der Waals surface area contributed by atoms with Crippen molar-refractivity contribution >= 4 is 28.7 Å². The molecule has 1 fully saturated rings. The highest BCUT2D eigenvalue weighted by Gasteiger charge is 2.29. The van der Waals surface area contributed by atoms with Crippen LogP contribution in [-0.2, 0) is 17.8 Å². The minimum absolute atomic E-state index is 0.0109.